The number of pyridine rings is 1. The molecule has 3 rings (SSSR count). The van der Waals surface area contributed by atoms with Gasteiger partial charge in [-0.05, 0) is 24.1 Å². The van der Waals surface area contributed by atoms with Gasteiger partial charge in [-0.1, -0.05) is 30.7 Å². The van der Waals surface area contributed by atoms with Crippen molar-refractivity contribution in [2.45, 2.75) is 19.4 Å². The first-order valence-corrected chi connectivity index (χ1v) is 7.87. The molecule has 1 atom stereocenters. The zero-order valence-electron chi connectivity index (χ0n) is 13.0. The van der Waals surface area contributed by atoms with E-state index in [0.717, 1.165) is 12.0 Å². The number of benzene rings is 1. The van der Waals surface area contributed by atoms with Gasteiger partial charge in [0.15, 0.2) is 5.82 Å². The van der Waals surface area contributed by atoms with Crippen molar-refractivity contribution in [3.63, 3.8) is 0 Å². The zero-order valence-corrected chi connectivity index (χ0v) is 13.8. The van der Waals surface area contributed by atoms with Crippen molar-refractivity contribution in [1.82, 2.24) is 20.5 Å². The van der Waals surface area contributed by atoms with Crippen molar-refractivity contribution in [3.8, 4) is 0 Å². The standard InChI is InChI=1S/C16H17ClN6O/c1-2-12(9-3-5-10(17)6-4-9)20-16(24)21-14-7-13-11(8-19-14)15(18)23-22-13/h3-8,12H,2H2,1H3,(H3,18,22,23)(H2,19,20,21,24). The van der Waals surface area contributed by atoms with Crippen LogP contribution in [0, 0.1) is 0 Å². The predicted molar refractivity (Wildman–Crippen MR) is 94.9 cm³/mol. The Bertz CT molecular complexity index is 861. The molecule has 0 bridgehead atoms. The molecule has 2 heterocycles. The van der Waals surface area contributed by atoms with E-state index in [2.05, 4.69) is 25.8 Å². The average molecular weight is 345 g/mol. The highest BCUT2D eigenvalue weighted by molar-refractivity contribution is 6.30. The number of nitrogen functional groups attached to an aromatic ring is 1. The zero-order chi connectivity index (χ0) is 17.1. The molecule has 7 nitrogen and oxygen atoms in total. The molecule has 1 unspecified atom stereocenters. The van der Waals surface area contributed by atoms with E-state index in [0.29, 0.717) is 27.6 Å². The minimum Gasteiger partial charge on any atom is -0.382 e. The number of H-pyrrole nitrogens is 1. The fourth-order valence-electron chi connectivity index (χ4n) is 2.43. The Kier molecular flexibility index (Phi) is 4.52. The summed E-state index contributed by atoms with van der Waals surface area (Å²) in [5.41, 5.74) is 7.39. The third-order valence-electron chi connectivity index (χ3n) is 3.70. The first-order chi connectivity index (χ1) is 11.6. The van der Waals surface area contributed by atoms with Gasteiger partial charge in [-0.2, -0.15) is 5.10 Å². The van der Waals surface area contributed by atoms with Gasteiger partial charge in [0.05, 0.1) is 16.9 Å². The lowest BCUT2D eigenvalue weighted by Crippen LogP contribution is -2.32. The average Bonchev–Trinajstić information content (AvgIpc) is 2.94. The number of halogens is 1. The predicted octanol–water partition coefficient (Wildman–Crippen LogP) is 3.47. The monoisotopic (exact) mass is 344 g/mol. The molecule has 5 N–H and O–H groups in total. The summed E-state index contributed by atoms with van der Waals surface area (Å²) in [6.07, 6.45) is 2.32. The van der Waals surface area contributed by atoms with Crippen LogP contribution in [-0.2, 0) is 0 Å². The number of aromatic amines is 1. The number of carbonyl (C=O) groups is 1. The molecule has 124 valence electrons. The summed E-state index contributed by atoms with van der Waals surface area (Å²) in [4.78, 5) is 16.4. The number of hydrogen-bond acceptors (Lipinski definition) is 4. The van der Waals surface area contributed by atoms with E-state index in [1.807, 2.05) is 19.1 Å². The number of anilines is 2. The van der Waals surface area contributed by atoms with Crippen LogP contribution in [0.15, 0.2) is 36.5 Å². The van der Waals surface area contributed by atoms with Crippen molar-refractivity contribution >= 4 is 40.2 Å². The van der Waals surface area contributed by atoms with Gasteiger partial charge in [-0.25, -0.2) is 9.78 Å². The third-order valence-corrected chi connectivity index (χ3v) is 3.96. The van der Waals surface area contributed by atoms with Crippen LogP contribution < -0.4 is 16.4 Å². The smallest absolute Gasteiger partial charge is 0.320 e. The third kappa shape index (κ3) is 3.41. The highest BCUT2D eigenvalue weighted by Crippen LogP contribution is 2.21. The maximum Gasteiger partial charge on any atom is 0.320 e. The lowest BCUT2D eigenvalue weighted by Gasteiger charge is -2.17. The van der Waals surface area contributed by atoms with E-state index in [9.17, 15) is 4.79 Å². The van der Waals surface area contributed by atoms with E-state index in [4.69, 9.17) is 17.3 Å². The molecule has 24 heavy (non-hydrogen) atoms. The van der Waals surface area contributed by atoms with Crippen molar-refractivity contribution in [2.75, 3.05) is 11.1 Å². The minimum atomic E-state index is -0.337. The second-order valence-electron chi connectivity index (χ2n) is 5.33. The van der Waals surface area contributed by atoms with E-state index in [1.54, 1.807) is 24.4 Å². The van der Waals surface area contributed by atoms with Gasteiger partial charge in [-0.15, -0.1) is 0 Å². The normalized spacial score (nSPS) is 12.1. The maximum atomic E-state index is 12.2. The molecule has 8 heteroatoms. The second-order valence-corrected chi connectivity index (χ2v) is 5.77. The molecule has 0 spiro atoms. The van der Waals surface area contributed by atoms with Crippen LogP contribution in [0.25, 0.3) is 10.9 Å². The molecule has 0 saturated carbocycles. The molecule has 0 fully saturated rings. The van der Waals surface area contributed by atoms with Crippen LogP contribution in [0.4, 0.5) is 16.4 Å². The van der Waals surface area contributed by atoms with Crippen molar-refractivity contribution in [1.29, 1.82) is 0 Å². The van der Waals surface area contributed by atoms with Crippen LogP contribution >= 0.6 is 11.6 Å². The van der Waals surface area contributed by atoms with Crippen molar-refractivity contribution in [3.05, 3.63) is 47.1 Å². The summed E-state index contributed by atoms with van der Waals surface area (Å²) in [5.74, 6) is 0.789. The molecule has 2 aromatic heterocycles. The van der Waals surface area contributed by atoms with Gasteiger partial charge in [0.25, 0.3) is 0 Å². The minimum absolute atomic E-state index is 0.117. The van der Waals surface area contributed by atoms with Gasteiger partial charge in [0.1, 0.15) is 5.82 Å². The maximum absolute atomic E-state index is 12.2. The summed E-state index contributed by atoms with van der Waals surface area (Å²) in [7, 11) is 0. The van der Waals surface area contributed by atoms with Crippen LogP contribution in [0.2, 0.25) is 5.02 Å². The molecule has 0 aliphatic heterocycles. The summed E-state index contributed by atoms with van der Waals surface area (Å²) in [6, 6.07) is 8.63. The topological polar surface area (TPSA) is 109 Å². The quantitative estimate of drug-likeness (QED) is 0.581. The first-order valence-electron chi connectivity index (χ1n) is 7.49. The highest BCUT2D eigenvalue weighted by Gasteiger charge is 2.13. The van der Waals surface area contributed by atoms with Crippen molar-refractivity contribution < 1.29 is 4.79 Å². The summed E-state index contributed by atoms with van der Waals surface area (Å²) in [6.45, 7) is 2.00. The van der Waals surface area contributed by atoms with Crippen LogP contribution in [0.3, 0.4) is 0 Å². The van der Waals surface area contributed by atoms with Crippen LogP contribution in [0.1, 0.15) is 24.9 Å². The number of hydrogen-bond donors (Lipinski definition) is 4. The molecule has 0 radical (unpaired) electrons. The second kappa shape index (κ2) is 6.76. The van der Waals surface area contributed by atoms with Crippen LogP contribution in [0.5, 0.6) is 0 Å². The Morgan fingerprint density at radius 3 is 2.83 bits per heavy atom. The molecule has 3 aromatic rings. The number of nitrogens with two attached hydrogens (primary N) is 1. The lowest BCUT2D eigenvalue weighted by molar-refractivity contribution is 0.248. The lowest BCUT2D eigenvalue weighted by atomic mass is 10.1. The van der Waals surface area contributed by atoms with Gasteiger partial charge in [-0.3, -0.25) is 10.4 Å². The molecular weight excluding hydrogens is 328 g/mol. The molecule has 2 amide bonds. The summed E-state index contributed by atoms with van der Waals surface area (Å²) < 4.78 is 0. The number of carbonyl (C=O) groups excluding carboxylic acids is 1. The number of aromatic nitrogens is 3. The number of fused-ring (bicyclic) bond motifs is 1. The van der Waals surface area contributed by atoms with E-state index in [-0.39, 0.29) is 12.1 Å². The molecule has 1 aromatic carbocycles. The van der Waals surface area contributed by atoms with Crippen molar-refractivity contribution in [2.24, 2.45) is 0 Å². The van der Waals surface area contributed by atoms with Crippen LogP contribution in [-0.4, -0.2) is 21.2 Å². The Morgan fingerprint density at radius 2 is 2.12 bits per heavy atom. The number of amides is 2. The summed E-state index contributed by atoms with van der Waals surface area (Å²) in [5, 5.41) is 13.7. The van der Waals surface area contributed by atoms with Gasteiger partial charge in [0, 0.05) is 17.3 Å². The van der Waals surface area contributed by atoms with E-state index < -0.39 is 0 Å². The number of rotatable bonds is 4. The molecule has 0 saturated heterocycles. The fraction of sp³-hybridized carbons (Fsp3) is 0.188. The summed E-state index contributed by atoms with van der Waals surface area (Å²) >= 11 is 5.90. The highest BCUT2D eigenvalue weighted by atomic mass is 35.5. The van der Waals surface area contributed by atoms with E-state index in [1.165, 1.54) is 0 Å². The number of nitrogens with zero attached hydrogens (tertiary/aromatic N) is 2. The Hall–Kier alpha value is -2.80. The van der Waals surface area contributed by atoms with Gasteiger partial charge in [0.2, 0.25) is 0 Å². The largest absolute Gasteiger partial charge is 0.382 e. The first kappa shape index (κ1) is 16.1. The van der Waals surface area contributed by atoms with Gasteiger partial charge < -0.3 is 11.1 Å². The van der Waals surface area contributed by atoms with E-state index >= 15 is 0 Å². The molecule has 0 aliphatic rings. The number of nitrogens with one attached hydrogen (secondary N) is 3. The van der Waals surface area contributed by atoms with Gasteiger partial charge >= 0.3 is 6.03 Å². The Morgan fingerprint density at radius 1 is 1.38 bits per heavy atom. The Balaban J connectivity index is 1.69. The SMILES string of the molecule is CCC(NC(=O)Nc1cc2[nH]nc(N)c2cn1)c1ccc(Cl)cc1. The number of urea groups is 1. The molecular formula is C16H17ClN6O. The molecule has 0 aliphatic carbocycles. The Labute approximate surface area is 143 Å². The fourth-order valence-corrected chi connectivity index (χ4v) is 2.55.